The summed E-state index contributed by atoms with van der Waals surface area (Å²) in [7, 11) is 0. The Morgan fingerprint density at radius 3 is 2.31 bits per heavy atom. The molecule has 0 aliphatic heterocycles. The Morgan fingerprint density at radius 2 is 1.71 bits per heavy atom. The molecule has 0 bridgehead atoms. The number of nitrogens with zero attached hydrogens (tertiary/aromatic N) is 4. The molecule has 8 nitrogen and oxygen atoms in total. The van der Waals surface area contributed by atoms with E-state index in [2.05, 4.69) is 31.1 Å². The second-order valence-electron chi connectivity index (χ2n) is 7.42. The SMILES string of the molecule is Nc1cc(C(F)(F)F)c(Br)nc1-c1nnc([C@@H](c2ccccc2)N(Cc2ccccc2)C(=O)O)o1. The first kappa shape index (κ1) is 24.2. The van der Waals surface area contributed by atoms with E-state index in [1.807, 2.05) is 6.07 Å². The maximum atomic E-state index is 13.2. The van der Waals surface area contributed by atoms with Crippen molar-refractivity contribution in [2.24, 2.45) is 0 Å². The number of hydrogen-bond acceptors (Lipinski definition) is 6. The number of alkyl halides is 3. The van der Waals surface area contributed by atoms with Gasteiger partial charge in [-0.05, 0) is 33.1 Å². The highest BCUT2D eigenvalue weighted by atomic mass is 79.9. The molecule has 0 spiro atoms. The molecule has 0 aliphatic carbocycles. The summed E-state index contributed by atoms with van der Waals surface area (Å²) in [5.74, 6) is -0.348. The van der Waals surface area contributed by atoms with Crippen LogP contribution in [-0.4, -0.2) is 31.3 Å². The number of aromatic nitrogens is 3. The summed E-state index contributed by atoms with van der Waals surface area (Å²) in [6.45, 7) is 0.0136. The fourth-order valence-corrected chi connectivity index (χ4v) is 3.97. The average Bonchev–Trinajstić information content (AvgIpc) is 3.30. The number of amides is 1. The van der Waals surface area contributed by atoms with Gasteiger partial charge in [-0.2, -0.15) is 13.2 Å². The van der Waals surface area contributed by atoms with Gasteiger partial charge in [0.25, 0.3) is 5.89 Å². The van der Waals surface area contributed by atoms with Crippen LogP contribution in [0.4, 0.5) is 23.7 Å². The molecule has 1 atom stereocenters. The zero-order valence-electron chi connectivity index (χ0n) is 17.8. The molecule has 4 aromatic rings. The van der Waals surface area contributed by atoms with E-state index >= 15 is 0 Å². The van der Waals surface area contributed by atoms with Gasteiger partial charge < -0.3 is 15.3 Å². The molecule has 1 amide bonds. The lowest BCUT2D eigenvalue weighted by Gasteiger charge is -2.27. The van der Waals surface area contributed by atoms with Crippen LogP contribution >= 0.6 is 15.9 Å². The van der Waals surface area contributed by atoms with Gasteiger partial charge >= 0.3 is 12.3 Å². The number of pyridine rings is 1. The van der Waals surface area contributed by atoms with Gasteiger partial charge in [-0.15, -0.1) is 10.2 Å². The van der Waals surface area contributed by atoms with Crippen LogP contribution < -0.4 is 5.73 Å². The quantitative estimate of drug-likeness (QED) is 0.294. The predicted molar refractivity (Wildman–Crippen MR) is 123 cm³/mol. The van der Waals surface area contributed by atoms with Crippen molar-refractivity contribution in [2.75, 3.05) is 5.73 Å². The van der Waals surface area contributed by atoms with E-state index in [9.17, 15) is 23.1 Å². The Bertz CT molecular complexity index is 1330. The van der Waals surface area contributed by atoms with Crippen molar-refractivity contribution >= 4 is 27.7 Å². The summed E-state index contributed by atoms with van der Waals surface area (Å²) in [5.41, 5.74) is 5.54. The zero-order chi connectivity index (χ0) is 25.2. The van der Waals surface area contributed by atoms with Gasteiger partial charge in [0.05, 0.1) is 17.8 Å². The van der Waals surface area contributed by atoms with Gasteiger partial charge in [-0.25, -0.2) is 9.78 Å². The van der Waals surface area contributed by atoms with E-state index in [4.69, 9.17) is 10.2 Å². The number of anilines is 1. The molecule has 0 aliphatic rings. The molecule has 35 heavy (non-hydrogen) atoms. The summed E-state index contributed by atoms with van der Waals surface area (Å²) >= 11 is 2.80. The van der Waals surface area contributed by atoms with Gasteiger partial charge in [0.1, 0.15) is 10.6 Å². The zero-order valence-corrected chi connectivity index (χ0v) is 19.4. The van der Waals surface area contributed by atoms with E-state index in [1.54, 1.807) is 54.6 Å². The minimum atomic E-state index is -4.67. The second kappa shape index (κ2) is 9.74. The van der Waals surface area contributed by atoms with Crippen molar-refractivity contribution in [3.63, 3.8) is 0 Å². The number of carboxylic acid groups (broad SMARTS) is 1. The molecular weight excluding hydrogens is 531 g/mol. The number of rotatable bonds is 6. The predicted octanol–water partition coefficient (Wildman–Crippen LogP) is 5.76. The summed E-state index contributed by atoms with van der Waals surface area (Å²) in [5, 5.41) is 17.9. The first-order valence-electron chi connectivity index (χ1n) is 10.1. The topological polar surface area (TPSA) is 118 Å². The molecule has 0 fully saturated rings. The maximum Gasteiger partial charge on any atom is 0.419 e. The highest BCUT2D eigenvalue weighted by Crippen LogP contribution is 2.38. The monoisotopic (exact) mass is 547 g/mol. The Kier molecular flexibility index (Phi) is 6.74. The minimum Gasteiger partial charge on any atom is -0.465 e. The minimum absolute atomic E-state index is 0.0136. The number of carbonyl (C=O) groups is 1. The van der Waals surface area contributed by atoms with Crippen molar-refractivity contribution < 1.29 is 27.5 Å². The van der Waals surface area contributed by atoms with Crippen molar-refractivity contribution in [1.82, 2.24) is 20.1 Å². The van der Waals surface area contributed by atoms with Gasteiger partial charge in [-0.3, -0.25) is 4.90 Å². The van der Waals surface area contributed by atoms with Crippen LogP contribution in [0, 0.1) is 0 Å². The molecule has 180 valence electrons. The van der Waals surface area contributed by atoms with Crippen molar-refractivity contribution in [3.8, 4) is 11.6 Å². The molecule has 2 aromatic heterocycles. The van der Waals surface area contributed by atoms with Crippen LogP contribution in [0.2, 0.25) is 0 Å². The highest BCUT2D eigenvalue weighted by Gasteiger charge is 2.36. The van der Waals surface area contributed by atoms with Crippen molar-refractivity contribution in [2.45, 2.75) is 18.8 Å². The largest absolute Gasteiger partial charge is 0.465 e. The molecular formula is C23H17BrF3N5O3. The Labute approximate surface area is 205 Å². The molecule has 0 saturated heterocycles. The van der Waals surface area contributed by atoms with Gasteiger partial charge in [0.2, 0.25) is 5.89 Å². The average molecular weight is 548 g/mol. The smallest absolute Gasteiger partial charge is 0.419 e. The standard InChI is InChI=1S/C23H17BrF3N5O3/c24-19-15(23(25,26)27)11-16(28)17(29-19)20-30-31-21(35-20)18(14-9-5-2-6-10-14)32(22(33)34)12-13-7-3-1-4-8-13/h1-11,18H,12,28H2,(H,33,34)/t18-/m1/s1. The third kappa shape index (κ3) is 5.27. The lowest BCUT2D eigenvalue weighted by molar-refractivity contribution is -0.138. The van der Waals surface area contributed by atoms with E-state index < -0.39 is 28.5 Å². The normalized spacial score (nSPS) is 12.3. The van der Waals surface area contributed by atoms with Crippen LogP contribution in [0.5, 0.6) is 0 Å². The van der Waals surface area contributed by atoms with Gasteiger partial charge in [0, 0.05) is 0 Å². The summed E-state index contributed by atoms with van der Waals surface area (Å²) in [6.07, 6.45) is -5.91. The number of nitrogen functional groups attached to an aromatic ring is 1. The van der Waals surface area contributed by atoms with Gasteiger partial charge in [0.15, 0.2) is 5.69 Å². The molecule has 2 heterocycles. The fraction of sp³-hybridized carbons (Fsp3) is 0.130. The van der Waals surface area contributed by atoms with Crippen LogP contribution in [0.25, 0.3) is 11.6 Å². The number of hydrogen-bond donors (Lipinski definition) is 2. The lowest BCUT2D eigenvalue weighted by Crippen LogP contribution is -2.34. The van der Waals surface area contributed by atoms with E-state index in [-0.39, 0.29) is 29.7 Å². The molecule has 3 N–H and O–H groups in total. The molecule has 0 unspecified atom stereocenters. The lowest BCUT2D eigenvalue weighted by atomic mass is 10.0. The third-order valence-electron chi connectivity index (χ3n) is 5.06. The molecule has 12 heteroatoms. The number of halogens is 4. The van der Waals surface area contributed by atoms with E-state index in [0.29, 0.717) is 11.6 Å². The second-order valence-corrected chi connectivity index (χ2v) is 8.17. The fourth-order valence-electron chi connectivity index (χ4n) is 3.46. The van der Waals surface area contributed by atoms with Crippen LogP contribution in [0.15, 0.2) is 75.8 Å². The Balaban J connectivity index is 1.77. The van der Waals surface area contributed by atoms with Crippen LogP contribution in [0.3, 0.4) is 0 Å². The summed E-state index contributed by atoms with van der Waals surface area (Å²) in [6, 6.07) is 17.3. The molecule has 4 rings (SSSR count). The Morgan fingerprint density at radius 1 is 1.09 bits per heavy atom. The van der Waals surface area contributed by atoms with Crippen LogP contribution in [-0.2, 0) is 12.7 Å². The first-order valence-corrected chi connectivity index (χ1v) is 10.9. The first-order chi connectivity index (χ1) is 16.6. The van der Waals surface area contributed by atoms with Crippen molar-refractivity contribution in [1.29, 1.82) is 0 Å². The van der Waals surface area contributed by atoms with E-state index in [1.165, 1.54) is 0 Å². The van der Waals surface area contributed by atoms with E-state index in [0.717, 1.165) is 10.5 Å². The molecule has 0 radical (unpaired) electrons. The summed E-state index contributed by atoms with van der Waals surface area (Å²) in [4.78, 5) is 17.3. The highest BCUT2D eigenvalue weighted by molar-refractivity contribution is 9.10. The molecule has 2 aromatic carbocycles. The third-order valence-corrected chi connectivity index (χ3v) is 5.66. The van der Waals surface area contributed by atoms with Crippen LogP contribution in [0.1, 0.15) is 28.6 Å². The maximum absolute atomic E-state index is 13.2. The Hall–Kier alpha value is -3.93. The molecule has 0 saturated carbocycles. The van der Waals surface area contributed by atoms with Gasteiger partial charge in [-0.1, -0.05) is 60.7 Å². The number of benzene rings is 2. The van der Waals surface area contributed by atoms with Crippen molar-refractivity contribution in [3.05, 3.63) is 93.9 Å². The summed E-state index contributed by atoms with van der Waals surface area (Å²) < 4.78 is 44.7. The number of nitrogens with two attached hydrogens (primary N) is 1.